The third-order valence-corrected chi connectivity index (χ3v) is 4.21. The van der Waals surface area contributed by atoms with Gasteiger partial charge in [-0.05, 0) is 69.3 Å². The van der Waals surface area contributed by atoms with Crippen LogP contribution in [0.3, 0.4) is 0 Å². The molecule has 0 amide bonds. The van der Waals surface area contributed by atoms with Crippen LogP contribution in [0.15, 0.2) is 12.1 Å². The third kappa shape index (κ3) is 2.76. The first-order valence-corrected chi connectivity index (χ1v) is 7.02. The Kier molecular flexibility index (Phi) is 4.41. The second kappa shape index (κ2) is 5.85. The molecule has 1 aromatic carbocycles. The van der Waals surface area contributed by atoms with E-state index in [9.17, 15) is 5.11 Å². The highest BCUT2D eigenvalue weighted by Gasteiger charge is 2.26. The Labute approximate surface area is 110 Å². The molecule has 2 rings (SSSR count). The van der Waals surface area contributed by atoms with Gasteiger partial charge in [0.05, 0.1) is 6.61 Å². The summed E-state index contributed by atoms with van der Waals surface area (Å²) in [7, 11) is 0. The second-order valence-electron chi connectivity index (χ2n) is 5.71. The highest BCUT2D eigenvalue weighted by molar-refractivity contribution is 5.40. The van der Waals surface area contributed by atoms with Gasteiger partial charge in [0.25, 0.3) is 0 Å². The molecule has 1 aliphatic rings. The van der Waals surface area contributed by atoms with Gasteiger partial charge < -0.3 is 10.4 Å². The Hall–Kier alpha value is -0.860. The summed E-state index contributed by atoms with van der Waals surface area (Å²) in [5.74, 6) is 0.863. The maximum Gasteiger partial charge on any atom is 0.0503 e. The maximum atomic E-state index is 9.82. The molecule has 2 nitrogen and oxygen atoms in total. The molecule has 0 aliphatic carbocycles. The lowest BCUT2D eigenvalue weighted by Crippen LogP contribution is -2.35. The number of piperidine rings is 1. The maximum absolute atomic E-state index is 9.82. The molecule has 2 atom stereocenters. The SMILES string of the molecule is Cc1cc(C)c(C(CO)C2CCCNC2)c(C)c1. The molecule has 0 radical (unpaired) electrons. The average molecular weight is 247 g/mol. The van der Waals surface area contributed by atoms with Crippen molar-refractivity contribution in [1.29, 1.82) is 0 Å². The number of hydrogen-bond donors (Lipinski definition) is 2. The number of aryl methyl sites for hydroxylation is 3. The van der Waals surface area contributed by atoms with E-state index in [4.69, 9.17) is 0 Å². The lowest BCUT2D eigenvalue weighted by atomic mass is 9.78. The summed E-state index contributed by atoms with van der Waals surface area (Å²) in [5.41, 5.74) is 5.35. The first-order valence-electron chi connectivity index (χ1n) is 7.02. The molecule has 1 aromatic rings. The molecule has 1 aliphatic heterocycles. The van der Waals surface area contributed by atoms with Gasteiger partial charge in [-0.25, -0.2) is 0 Å². The van der Waals surface area contributed by atoms with Crippen LogP contribution in [-0.4, -0.2) is 24.8 Å². The summed E-state index contributed by atoms with van der Waals surface area (Å²) >= 11 is 0. The van der Waals surface area contributed by atoms with E-state index in [2.05, 4.69) is 38.2 Å². The number of nitrogens with one attached hydrogen (secondary N) is 1. The molecule has 0 spiro atoms. The Morgan fingerprint density at radius 1 is 1.28 bits per heavy atom. The largest absolute Gasteiger partial charge is 0.396 e. The van der Waals surface area contributed by atoms with Crippen LogP contribution in [-0.2, 0) is 0 Å². The summed E-state index contributed by atoms with van der Waals surface area (Å²) in [4.78, 5) is 0. The molecule has 1 heterocycles. The Bertz CT molecular complexity index is 385. The smallest absolute Gasteiger partial charge is 0.0503 e. The molecule has 1 fully saturated rings. The summed E-state index contributed by atoms with van der Waals surface area (Å²) in [6.07, 6.45) is 2.45. The van der Waals surface area contributed by atoms with Crippen molar-refractivity contribution in [2.75, 3.05) is 19.7 Å². The van der Waals surface area contributed by atoms with E-state index in [1.165, 1.54) is 35.1 Å². The predicted molar refractivity (Wildman–Crippen MR) is 76.1 cm³/mol. The van der Waals surface area contributed by atoms with Crippen molar-refractivity contribution in [3.63, 3.8) is 0 Å². The number of benzene rings is 1. The summed E-state index contributed by atoms with van der Waals surface area (Å²) in [6.45, 7) is 8.91. The third-order valence-electron chi connectivity index (χ3n) is 4.21. The van der Waals surface area contributed by atoms with Crippen LogP contribution < -0.4 is 5.32 Å². The molecule has 0 bridgehead atoms. The van der Waals surface area contributed by atoms with Crippen LogP contribution >= 0.6 is 0 Å². The van der Waals surface area contributed by atoms with Crippen LogP contribution in [0.5, 0.6) is 0 Å². The highest BCUT2D eigenvalue weighted by atomic mass is 16.3. The molecule has 0 saturated carbocycles. The van der Waals surface area contributed by atoms with Crippen molar-refractivity contribution in [2.45, 2.75) is 39.5 Å². The zero-order valence-electron chi connectivity index (χ0n) is 11.8. The van der Waals surface area contributed by atoms with Gasteiger partial charge in [-0.2, -0.15) is 0 Å². The van der Waals surface area contributed by atoms with Gasteiger partial charge in [0.2, 0.25) is 0 Å². The summed E-state index contributed by atoms with van der Waals surface area (Å²) < 4.78 is 0. The monoisotopic (exact) mass is 247 g/mol. The van der Waals surface area contributed by atoms with E-state index in [0.29, 0.717) is 11.8 Å². The van der Waals surface area contributed by atoms with Crippen molar-refractivity contribution in [3.05, 3.63) is 34.4 Å². The molecule has 0 aromatic heterocycles. The topological polar surface area (TPSA) is 32.3 Å². The Balaban J connectivity index is 2.32. The minimum Gasteiger partial charge on any atom is -0.396 e. The van der Waals surface area contributed by atoms with E-state index in [1.807, 2.05) is 0 Å². The van der Waals surface area contributed by atoms with E-state index >= 15 is 0 Å². The highest BCUT2D eigenvalue weighted by Crippen LogP contribution is 2.33. The molecular formula is C16H25NO. The van der Waals surface area contributed by atoms with E-state index < -0.39 is 0 Å². The molecule has 2 N–H and O–H groups in total. The number of aliphatic hydroxyl groups excluding tert-OH is 1. The lowest BCUT2D eigenvalue weighted by molar-refractivity contribution is 0.203. The van der Waals surface area contributed by atoms with Crippen molar-refractivity contribution < 1.29 is 5.11 Å². The van der Waals surface area contributed by atoms with Gasteiger partial charge in [0, 0.05) is 5.92 Å². The van der Waals surface area contributed by atoms with Crippen molar-refractivity contribution in [3.8, 4) is 0 Å². The van der Waals surface area contributed by atoms with Gasteiger partial charge in [0.1, 0.15) is 0 Å². The number of rotatable bonds is 3. The fourth-order valence-corrected chi connectivity index (χ4v) is 3.47. The number of hydrogen-bond acceptors (Lipinski definition) is 2. The van der Waals surface area contributed by atoms with E-state index in [0.717, 1.165) is 13.1 Å². The minimum atomic E-state index is 0.261. The van der Waals surface area contributed by atoms with Crippen molar-refractivity contribution >= 4 is 0 Å². The first-order chi connectivity index (χ1) is 8.63. The molecule has 2 unspecified atom stereocenters. The van der Waals surface area contributed by atoms with Gasteiger partial charge in [0.15, 0.2) is 0 Å². The molecule has 18 heavy (non-hydrogen) atoms. The second-order valence-corrected chi connectivity index (χ2v) is 5.71. The van der Waals surface area contributed by atoms with Crippen LogP contribution in [0.2, 0.25) is 0 Å². The van der Waals surface area contributed by atoms with Crippen molar-refractivity contribution in [2.24, 2.45) is 5.92 Å². The van der Waals surface area contributed by atoms with Crippen LogP contribution in [0.4, 0.5) is 0 Å². The van der Waals surface area contributed by atoms with Crippen molar-refractivity contribution in [1.82, 2.24) is 5.32 Å². The summed E-state index contributed by atoms with van der Waals surface area (Å²) in [6, 6.07) is 4.47. The van der Waals surface area contributed by atoms with Crippen LogP contribution in [0, 0.1) is 26.7 Å². The zero-order valence-corrected chi connectivity index (χ0v) is 11.8. The average Bonchev–Trinajstić information content (AvgIpc) is 2.34. The fourth-order valence-electron chi connectivity index (χ4n) is 3.47. The van der Waals surface area contributed by atoms with E-state index in [-0.39, 0.29) is 6.61 Å². The number of aliphatic hydroxyl groups is 1. The van der Waals surface area contributed by atoms with Gasteiger partial charge in [-0.3, -0.25) is 0 Å². The normalized spacial score (nSPS) is 21.9. The quantitative estimate of drug-likeness (QED) is 0.860. The van der Waals surface area contributed by atoms with E-state index in [1.54, 1.807) is 0 Å². The fraction of sp³-hybridized carbons (Fsp3) is 0.625. The summed E-state index contributed by atoms with van der Waals surface area (Å²) in [5, 5.41) is 13.3. The molecule has 2 heteroatoms. The predicted octanol–water partition coefficient (Wildman–Crippen LogP) is 2.69. The van der Waals surface area contributed by atoms with Crippen LogP contribution in [0.1, 0.15) is 41.0 Å². The van der Waals surface area contributed by atoms with Crippen LogP contribution in [0.25, 0.3) is 0 Å². The minimum absolute atomic E-state index is 0.261. The first kappa shape index (κ1) is 13.6. The zero-order chi connectivity index (χ0) is 13.1. The standard InChI is InChI=1S/C16H25NO/c1-11-7-12(2)16(13(3)8-11)15(10-18)14-5-4-6-17-9-14/h7-8,14-15,17-18H,4-6,9-10H2,1-3H3. The molecule has 100 valence electrons. The lowest BCUT2D eigenvalue weighted by Gasteiger charge is -2.32. The Morgan fingerprint density at radius 3 is 2.44 bits per heavy atom. The molecular weight excluding hydrogens is 222 g/mol. The van der Waals surface area contributed by atoms with Gasteiger partial charge in [-0.15, -0.1) is 0 Å². The van der Waals surface area contributed by atoms with Gasteiger partial charge >= 0.3 is 0 Å². The van der Waals surface area contributed by atoms with Gasteiger partial charge in [-0.1, -0.05) is 17.7 Å². The molecule has 1 saturated heterocycles. The Morgan fingerprint density at radius 2 is 1.94 bits per heavy atom.